The predicted octanol–water partition coefficient (Wildman–Crippen LogP) is 1.58. The first-order valence-corrected chi connectivity index (χ1v) is 5.44. The predicted molar refractivity (Wildman–Crippen MR) is 66.3 cm³/mol. The highest BCUT2D eigenvalue weighted by molar-refractivity contribution is 5.77. The molecule has 0 radical (unpaired) electrons. The second-order valence-electron chi connectivity index (χ2n) is 3.77. The molecule has 96 valence electrons. The highest BCUT2D eigenvalue weighted by atomic mass is 16.5. The number of rotatable bonds is 5. The lowest BCUT2D eigenvalue weighted by Crippen LogP contribution is -2.25. The maximum atomic E-state index is 11.5. The quantitative estimate of drug-likeness (QED) is 0.793. The van der Waals surface area contributed by atoms with Crippen LogP contribution in [0.3, 0.4) is 0 Å². The Hall–Kier alpha value is -2.22. The van der Waals surface area contributed by atoms with Crippen molar-refractivity contribution in [2.75, 3.05) is 21.3 Å². The zero-order valence-corrected chi connectivity index (χ0v) is 10.8. The maximum Gasteiger partial charge on any atom is 0.236 e. The van der Waals surface area contributed by atoms with Crippen molar-refractivity contribution in [1.82, 2.24) is 4.90 Å². The Morgan fingerprint density at radius 2 is 2.00 bits per heavy atom. The Morgan fingerprint density at radius 3 is 2.56 bits per heavy atom. The normalized spacial score (nSPS) is 9.44. The number of nitrogens with zero attached hydrogens (tertiary/aromatic N) is 2. The Balaban J connectivity index is 2.79. The molecule has 1 aromatic rings. The average molecular weight is 248 g/mol. The number of carbonyl (C=O) groups is 1. The molecule has 0 bridgehead atoms. The highest BCUT2D eigenvalue weighted by Crippen LogP contribution is 2.27. The lowest BCUT2D eigenvalue weighted by atomic mass is 10.2. The van der Waals surface area contributed by atoms with Crippen molar-refractivity contribution in [3.8, 4) is 17.6 Å². The zero-order chi connectivity index (χ0) is 13.5. The summed E-state index contributed by atoms with van der Waals surface area (Å²) in [6.45, 7) is 0.431. The van der Waals surface area contributed by atoms with Crippen LogP contribution in [-0.4, -0.2) is 32.1 Å². The number of ether oxygens (including phenoxy) is 2. The van der Waals surface area contributed by atoms with Crippen molar-refractivity contribution in [2.45, 2.75) is 13.0 Å². The lowest BCUT2D eigenvalue weighted by molar-refractivity contribution is -0.129. The number of hydrogen-bond acceptors (Lipinski definition) is 4. The van der Waals surface area contributed by atoms with E-state index in [2.05, 4.69) is 0 Å². The molecular weight excluding hydrogens is 232 g/mol. The van der Waals surface area contributed by atoms with Crippen molar-refractivity contribution in [3.05, 3.63) is 23.8 Å². The van der Waals surface area contributed by atoms with Gasteiger partial charge in [-0.1, -0.05) is 6.07 Å². The fraction of sp³-hybridized carbons (Fsp3) is 0.385. The van der Waals surface area contributed by atoms with E-state index in [4.69, 9.17) is 14.7 Å². The van der Waals surface area contributed by atoms with Crippen molar-refractivity contribution >= 4 is 5.91 Å². The van der Waals surface area contributed by atoms with E-state index in [-0.39, 0.29) is 12.3 Å². The fourth-order valence-corrected chi connectivity index (χ4v) is 1.54. The summed E-state index contributed by atoms with van der Waals surface area (Å²) >= 11 is 0. The molecule has 0 aliphatic heterocycles. The largest absolute Gasteiger partial charge is 0.493 e. The molecule has 0 aliphatic rings. The molecular formula is C13H16N2O3. The number of nitriles is 1. The van der Waals surface area contributed by atoms with Gasteiger partial charge in [-0.05, 0) is 17.7 Å². The monoisotopic (exact) mass is 248 g/mol. The third-order valence-corrected chi connectivity index (χ3v) is 2.52. The standard InChI is InChI=1S/C13H16N2O3/c1-15(13(16)6-7-14)9-10-4-5-11(17-2)12(8-10)18-3/h4-5,8H,6,9H2,1-3H3. The molecule has 5 heteroatoms. The number of hydrogen-bond donors (Lipinski definition) is 0. The van der Waals surface area contributed by atoms with E-state index in [1.54, 1.807) is 27.3 Å². The van der Waals surface area contributed by atoms with Gasteiger partial charge in [-0.2, -0.15) is 5.26 Å². The van der Waals surface area contributed by atoms with Gasteiger partial charge in [0, 0.05) is 13.6 Å². The second kappa shape index (κ2) is 6.50. The van der Waals surface area contributed by atoms with Crippen LogP contribution in [0.5, 0.6) is 11.5 Å². The lowest BCUT2D eigenvalue weighted by Gasteiger charge is -2.17. The van der Waals surface area contributed by atoms with E-state index in [1.165, 1.54) is 4.90 Å². The summed E-state index contributed by atoms with van der Waals surface area (Å²) in [6.07, 6.45) is -0.107. The van der Waals surface area contributed by atoms with Crippen LogP contribution in [0.4, 0.5) is 0 Å². The van der Waals surface area contributed by atoms with Gasteiger partial charge in [0.15, 0.2) is 11.5 Å². The molecule has 1 aromatic carbocycles. The molecule has 1 amide bonds. The third kappa shape index (κ3) is 3.39. The summed E-state index contributed by atoms with van der Waals surface area (Å²) in [7, 11) is 4.79. The van der Waals surface area contributed by atoms with Gasteiger partial charge in [-0.3, -0.25) is 4.79 Å². The van der Waals surface area contributed by atoms with Crippen molar-refractivity contribution in [1.29, 1.82) is 5.26 Å². The molecule has 0 fully saturated rings. The third-order valence-electron chi connectivity index (χ3n) is 2.52. The summed E-state index contributed by atoms with van der Waals surface area (Å²) in [5, 5.41) is 8.47. The Morgan fingerprint density at radius 1 is 1.33 bits per heavy atom. The van der Waals surface area contributed by atoms with Crippen molar-refractivity contribution in [2.24, 2.45) is 0 Å². The van der Waals surface area contributed by atoms with Crippen LogP contribution in [0.1, 0.15) is 12.0 Å². The van der Waals surface area contributed by atoms with Gasteiger partial charge in [0.1, 0.15) is 6.42 Å². The molecule has 18 heavy (non-hydrogen) atoms. The van der Waals surface area contributed by atoms with Gasteiger partial charge >= 0.3 is 0 Å². The number of methoxy groups -OCH3 is 2. The molecule has 0 N–H and O–H groups in total. The van der Waals surface area contributed by atoms with E-state index < -0.39 is 0 Å². The minimum Gasteiger partial charge on any atom is -0.493 e. The van der Waals surface area contributed by atoms with Gasteiger partial charge in [-0.25, -0.2) is 0 Å². The van der Waals surface area contributed by atoms with Crippen LogP contribution in [0, 0.1) is 11.3 Å². The molecule has 1 rings (SSSR count). The Kier molecular flexibility index (Phi) is 5.00. The van der Waals surface area contributed by atoms with Gasteiger partial charge in [0.05, 0.1) is 20.3 Å². The summed E-state index contributed by atoms with van der Waals surface area (Å²) < 4.78 is 10.3. The molecule has 0 aromatic heterocycles. The smallest absolute Gasteiger partial charge is 0.236 e. The summed E-state index contributed by atoms with van der Waals surface area (Å²) in [5.74, 6) is 1.07. The summed E-state index contributed by atoms with van der Waals surface area (Å²) in [4.78, 5) is 13.0. The van der Waals surface area contributed by atoms with Crippen LogP contribution in [0.2, 0.25) is 0 Å². The van der Waals surface area contributed by atoms with Crippen molar-refractivity contribution < 1.29 is 14.3 Å². The molecule has 0 unspecified atom stereocenters. The van der Waals surface area contributed by atoms with E-state index >= 15 is 0 Å². The van der Waals surface area contributed by atoms with Crippen LogP contribution < -0.4 is 9.47 Å². The van der Waals surface area contributed by atoms with Gasteiger partial charge < -0.3 is 14.4 Å². The molecule has 0 saturated carbocycles. The van der Waals surface area contributed by atoms with Crippen molar-refractivity contribution in [3.63, 3.8) is 0 Å². The molecule has 0 saturated heterocycles. The Labute approximate surface area is 107 Å². The first-order chi connectivity index (χ1) is 8.62. The number of carbonyl (C=O) groups excluding carboxylic acids is 1. The van der Waals surface area contributed by atoms with E-state index in [0.29, 0.717) is 18.0 Å². The molecule has 0 spiro atoms. The SMILES string of the molecule is COc1ccc(CN(C)C(=O)CC#N)cc1OC. The first-order valence-electron chi connectivity index (χ1n) is 5.44. The summed E-state index contributed by atoms with van der Waals surface area (Å²) in [5.41, 5.74) is 0.918. The molecule has 0 aliphatic carbocycles. The minimum absolute atomic E-state index is 0.107. The molecule has 0 heterocycles. The molecule has 5 nitrogen and oxygen atoms in total. The van der Waals surface area contributed by atoms with Crippen LogP contribution in [0.15, 0.2) is 18.2 Å². The van der Waals surface area contributed by atoms with E-state index in [1.807, 2.05) is 18.2 Å². The van der Waals surface area contributed by atoms with Gasteiger partial charge in [0.2, 0.25) is 5.91 Å². The fourth-order valence-electron chi connectivity index (χ4n) is 1.54. The van der Waals surface area contributed by atoms with Crippen LogP contribution in [-0.2, 0) is 11.3 Å². The van der Waals surface area contributed by atoms with Crippen LogP contribution >= 0.6 is 0 Å². The first kappa shape index (κ1) is 13.8. The number of benzene rings is 1. The average Bonchev–Trinajstić information content (AvgIpc) is 2.38. The Bertz CT molecular complexity index is 466. The van der Waals surface area contributed by atoms with Gasteiger partial charge in [0.25, 0.3) is 0 Å². The zero-order valence-electron chi connectivity index (χ0n) is 10.8. The maximum absolute atomic E-state index is 11.5. The minimum atomic E-state index is -0.202. The van der Waals surface area contributed by atoms with Gasteiger partial charge in [-0.15, -0.1) is 0 Å². The van der Waals surface area contributed by atoms with Crippen LogP contribution in [0.25, 0.3) is 0 Å². The summed E-state index contributed by atoms with van der Waals surface area (Å²) in [6, 6.07) is 7.30. The van der Waals surface area contributed by atoms with E-state index in [9.17, 15) is 4.79 Å². The highest BCUT2D eigenvalue weighted by Gasteiger charge is 2.10. The second-order valence-corrected chi connectivity index (χ2v) is 3.77. The topological polar surface area (TPSA) is 62.6 Å². The molecule has 0 atom stereocenters. The number of amides is 1. The van der Waals surface area contributed by atoms with E-state index in [0.717, 1.165) is 5.56 Å².